The Balaban J connectivity index is 1.63. The number of aromatic nitrogens is 2. The molecule has 1 amide bonds. The second-order valence-corrected chi connectivity index (χ2v) is 9.83. The number of nitrogens with zero attached hydrogens (tertiary/aromatic N) is 3. The summed E-state index contributed by atoms with van der Waals surface area (Å²) in [6, 6.07) is 8.09. The van der Waals surface area contributed by atoms with Gasteiger partial charge in [-0.15, -0.1) is 0 Å². The van der Waals surface area contributed by atoms with E-state index in [-0.39, 0.29) is 22.8 Å². The van der Waals surface area contributed by atoms with Crippen LogP contribution in [0.1, 0.15) is 70.8 Å². The molecule has 1 aromatic carbocycles. The van der Waals surface area contributed by atoms with E-state index in [2.05, 4.69) is 0 Å². The minimum Gasteiger partial charge on any atom is -0.342 e. The summed E-state index contributed by atoms with van der Waals surface area (Å²) in [6.45, 7) is 1.95. The van der Waals surface area contributed by atoms with Gasteiger partial charge in [0.05, 0.1) is 16.2 Å². The van der Waals surface area contributed by atoms with E-state index in [1.807, 2.05) is 47.7 Å². The van der Waals surface area contributed by atoms with Gasteiger partial charge in [-0.1, -0.05) is 56.0 Å². The van der Waals surface area contributed by atoms with E-state index in [4.69, 9.17) is 4.98 Å². The Kier molecular flexibility index (Phi) is 6.28. The molecular weight excluding hydrogens is 382 g/mol. The molecule has 2 aliphatic carbocycles. The average Bonchev–Trinajstić information content (AvgIpc) is 3.27. The lowest BCUT2D eigenvalue weighted by Crippen LogP contribution is -2.42. The van der Waals surface area contributed by atoms with E-state index in [1.54, 1.807) is 0 Å². The second kappa shape index (κ2) is 8.90. The largest absolute Gasteiger partial charge is 0.342 e. The Morgan fingerprint density at radius 2 is 1.76 bits per heavy atom. The minimum atomic E-state index is -0.261. The van der Waals surface area contributed by atoms with E-state index in [1.165, 1.54) is 31.0 Å². The van der Waals surface area contributed by atoms with Gasteiger partial charge in [-0.3, -0.25) is 14.2 Å². The number of amides is 1. The monoisotopic (exact) mass is 413 g/mol. The van der Waals surface area contributed by atoms with Gasteiger partial charge in [0.25, 0.3) is 5.56 Å². The summed E-state index contributed by atoms with van der Waals surface area (Å²) in [5.74, 6) is 0.141. The zero-order valence-electron chi connectivity index (χ0n) is 17.5. The highest BCUT2D eigenvalue weighted by molar-refractivity contribution is 8.00. The van der Waals surface area contributed by atoms with Crippen molar-refractivity contribution in [1.29, 1.82) is 0 Å². The summed E-state index contributed by atoms with van der Waals surface area (Å²) in [7, 11) is 1.94. The molecule has 6 heteroatoms. The molecule has 1 atom stereocenters. The predicted octanol–water partition coefficient (Wildman–Crippen LogP) is 4.78. The SMILES string of the molecule is CC(Sc1nc2ccccc2c(=O)n1C1CCCC1)C(=O)N(C)C1CCCCC1. The van der Waals surface area contributed by atoms with E-state index in [0.29, 0.717) is 16.6 Å². The van der Waals surface area contributed by atoms with Gasteiger partial charge in [-0.05, 0) is 44.7 Å². The second-order valence-electron chi connectivity index (χ2n) is 8.53. The molecule has 0 bridgehead atoms. The molecule has 0 spiro atoms. The molecule has 2 saturated carbocycles. The summed E-state index contributed by atoms with van der Waals surface area (Å²) in [5.41, 5.74) is 0.750. The molecule has 0 saturated heterocycles. The first-order valence-corrected chi connectivity index (χ1v) is 11.9. The van der Waals surface area contributed by atoms with Crippen molar-refractivity contribution in [1.82, 2.24) is 14.5 Å². The van der Waals surface area contributed by atoms with Gasteiger partial charge < -0.3 is 4.90 Å². The smallest absolute Gasteiger partial charge is 0.262 e. The molecule has 29 heavy (non-hydrogen) atoms. The third kappa shape index (κ3) is 4.23. The van der Waals surface area contributed by atoms with Crippen LogP contribution >= 0.6 is 11.8 Å². The van der Waals surface area contributed by atoms with Crippen LogP contribution in [0.25, 0.3) is 10.9 Å². The van der Waals surface area contributed by atoms with Crippen LogP contribution in [-0.2, 0) is 4.79 Å². The summed E-state index contributed by atoms with van der Waals surface area (Å²) in [4.78, 5) is 33.2. The summed E-state index contributed by atoms with van der Waals surface area (Å²) < 4.78 is 1.88. The van der Waals surface area contributed by atoms with Crippen molar-refractivity contribution < 1.29 is 4.79 Å². The van der Waals surface area contributed by atoms with E-state index in [9.17, 15) is 9.59 Å². The Hall–Kier alpha value is -1.82. The van der Waals surface area contributed by atoms with Crippen molar-refractivity contribution in [2.45, 2.75) is 87.2 Å². The molecule has 0 N–H and O–H groups in total. The van der Waals surface area contributed by atoms with Crippen molar-refractivity contribution in [3.05, 3.63) is 34.6 Å². The number of thioether (sulfide) groups is 1. The fraction of sp³-hybridized carbons (Fsp3) is 0.609. The lowest BCUT2D eigenvalue weighted by Gasteiger charge is -2.33. The molecule has 2 aliphatic rings. The predicted molar refractivity (Wildman–Crippen MR) is 118 cm³/mol. The standard InChI is InChI=1S/C23H31N3O2S/c1-16(21(27)25(2)17-10-4-3-5-11-17)29-23-24-20-15-9-8-14-19(20)22(28)26(23)18-12-6-7-13-18/h8-9,14-18H,3-7,10-13H2,1-2H3. The van der Waals surface area contributed by atoms with Crippen LogP contribution in [0.2, 0.25) is 0 Å². The Bertz CT molecular complexity index is 929. The number of carbonyl (C=O) groups is 1. The zero-order valence-corrected chi connectivity index (χ0v) is 18.3. The Labute approximate surface area is 176 Å². The third-order valence-corrected chi connectivity index (χ3v) is 7.62. The molecular formula is C23H31N3O2S. The van der Waals surface area contributed by atoms with Crippen molar-refractivity contribution in [3.63, 3.8) is 0 Å². The van der Waals surface area contributed by atoms with Crippen LogP contribution in [0.4, 0.5) is 0 Å². The summed E-state index contributed by atoms with van der Waals surface area (Å²) in [6.07, 6.45) is 10.2. The van der Waals surface area contributed by atoms with Crippen LogP contribution in [0.3, 0.4) is 0 Å². The molecule has 1 unspecified atom stereocenters. The molecule has 1 aromatic heterocycles. The average molecular weight is 414 g/mol. The lowest BCUT2D eigenvalue weighted by molar-refractivity contribution is -0.131. The maximum atomic E-state index is 13.3. The van der Waals surface area contributed by atoms with Gasteiger partial charge in [-0.2, -0.15) is 0 Å². The third-order valence-electron chi connectivity index (χ3n) is 6.57. The Morgan fingerprint density at radius 3 is 2.48 bits per heavy atom. The van der Waals surface area contributed by atoms with E-state index < -0.39 is 0 Å². The first kappa shape index (κ1) is 20.5. The number of hydrogen-bond acceptors (Lipinski definition) is 4. The molecule has 4 rings (SSSR count). The number of benzene rings is 1. The normalized spacial score (nSPS) is 19.5. The van der Waals surface area contributed by atoms with Crippen molar-refractivity contribution in [2.75, 3.05) is 7.05 Å². The van der Waals surface area contributed by atoms with Gasteiger partial charge >= 0.3 is 0 Å². The lowest BCUT2D eigenvalue weighted by atomic mass is 9.94. The maximum absolute atomic E-state index is 13.3. The quantitative estimate of drug-likeness (QED) is 0.523. The van der Waals surface area contributed by atoms with Crippen LogP contribution in [0, 0.1) is 0 Å². The summed E-state index contributed by atoms with van der Waals surface area (Å²) in [5, 5.41) is 1.10. The van der Waals surface area contributed by atoms with Crippen LogP contribution < -0.4 is 5.56 Å². The highest BCUT2D eigenvalue weighted by atomic mass is 32.2. The first-order valence-electron chi connectivity index (χ1n) is 11.0. The van der Waals surface area contributed by atoms with Gasteiger partial charge in [-0.25, -0.2) is 4.98 Å². The van der Waals surface area contributed by atoms with E-state index in [0.717, 1.165) is 44.0 Å². The van der Waals surface area contributed by atoms with Crippen molar-refractivity contribution in [3.8, 4) is 0 Å². The van der Waals surface area contributed by atoms with Gasteiger partial charge in [0.15, 0.2) is 5.16 Å². The van der Waals surface area contributed by atoms with E-state index >= 15 is 0 Å². The number of rotatable bonds is 5. The zero-order chi connectivity index (χ0) is 20.4. The fourth-order valence-electron chi connectivity index (χ4n) is 4.84. The van der Waals surface area contributed by atoms with Gasteiger partial charge in [0.2, 0.25) is 5.91 Å². The topological polar surface area (TPSA) is 55.2 Å². The first-order chi connectivity index (χ1) is 14.1. The molecule has 5 nitrogen and oxygen atoms in total. The molecule has 0 radical (unpaired) electrons. The highest BCUT2D eigenvalue weighted by Crippen LogP contribution is 2.34. The number of fused-ring (bicyclic) bond motifs is 1. The summed E-state index contributed by atoms with van der Waals surface area (Å²) >= 11 is 1.45. The maximum Gasteiger partial charge on any atom is 0.262 e. The van der Waals surface area contributed by atoms with Gasteiger partial charge in [0.1, 0.15) is 0 Å². The van der Waals surface area contributed by atoms with Crippen LogP contribution in [0.5, 0.6) is 0 Å². The number of para-hydroxylation sites is 1. The molecule has 156 valence electrons. The Morgan fingerprint density at radius 1 is 1.10 bits per heavy atom. The highest BCUT2D eigenvalue weighted by Gasteiger charge is 2.29. The van der Waals surface area contributed by atoms with Crippen molar-refractivity contribution >= 4 is 28.6 Å². The van der Waals surface area contributed by atoms with Crippen molar-refractivity contribution in [2.24, 2.45) is 0 Å². The fourth-order valence-corrected chi connectivity index (χ4v) is 5.92. The van der Waals surface area contributed by atoms with Gasteiger partial charge in [0, 0.05) is 19.1 Å². The molecule has 2 aromatic rings. The minimum absolute atomic E-state index is 0.0327. The van der Waals surface area contributed by atoms with Crippen LogP contribution in [-0.4, -0.2) is 38.7 Å². The molecule has 0 aliphatic heterocycles. The number of carbonyl (C=O) groups excluding carboxylic acids is 1. The van der Waals surface area contributed by atoms with Crippen LogP contribution in [0.15, 0.2) is 34.2 Å². The molecule has 2 fully saturated rings. The number of hydrogen-bond donors (Lipinski definition) is 0. The molecule has 1 heterocycles.